The van der Waals surface area contributed by atoms with Crippen LogP contribution in [0.15, 0.2) is 41.9 Å². The van der Waals surface area contributed by atoms with Crippen molar-refractivity contribution in [3.05, 3.63) is 46.8 Å². The van der Waals surface area contributed by atoms with Gasteiger partial charge in [-0.2, -0.15) is 13.2 Å². The molecule has 0 atom stereocenters. The number of thiophene rings is 1. The fourth-order valence-corrected chi connectivity index (χ4v) is 3.23. The van der Waals surface area contributed by atoms with Gasteiger partial charge in [-0.15, -0.1) is 11.3 Å². The van der Waals surface area contributed by atoms with E-state index in [0.717, 1.165) is 10.9 Å². The number of fused-ring (bicyclic) bond motifs is 1. The molecule has 0 radical (unpaired) electrons. The molecule has 21 heavy (non-hydrogen) atoms. The molecule has 0 spiro atoms. The predicted molar refractivity (Wildman–Crippen MR) is 77.3 cm³/mol. The zero-order valence-corrected chi connectivity index (χ0v) is 12.0. The molecule has 0 aliphatic rings. The van der Waals surface area contributed by atoms with Gasteiger partial charge < -0.3 is 9.30 Å². The van der Waals surface area contributed by atoms with Crippen LogP contribution in [0.3, 0.4) is 0 Å². The zero-order chi connectivity index (χ0) is 15.0. The Bertz CT molecular complexity index is 773. The van der Waals surface area contributed by atoms with Gasteiger partial charge in [0.05, 0.1) is 5.52 Å². The van der Waals surface area contributed by atoms with Gasteiger partial charge in [0, 0.05) is 29.8 Å². The van der Waals surface area contributed by atoms with Crippen molar-refractivity contribution < 1.29 is 17.9 Å². The molecule has 2 nitrogen and oxygen atoms in total. The van der Waals surface area contributed by atoms with Crippen molar-refractivity contribution in [2.45, 2.75) is 12.9 Å². The molecule has 0 fully saturated rings. The Balaban J connectivity index is 2.24. The number of benzene rings is 1. The summed E-state index contributed by atoms with van der Waals surface area (Å²) >= 11 is 0.717. The molecule has 2 heterocycles. The second-order valence-corrected chi connectivity index (χ2v) is 5.52. The number of rotatable bonds is 3. The summed E-state index contributed by atoms with van der Waals surface area (Å²) in [5.41, 5.74) is 1.66. The Morgan fingerprint density at radius 3 is 2.62 bits per heavy atom. The van der Waals surface area contributed by atoms with Gasteiger partial charge in [0.2, 0.25) is 0 Å². The third-order valence-electron chi connectivity index (χ3n) is 3.27. The Morgan fingerprint density at radius 1 is 1.14 bits per heavy atom. The third-order valence-corrected chi connectivity index (χ3v) is 4.23. The SMILES string of the molecule is COCn1cc(-c2ccsc2C(F)(F)F)c2ccccc21. The van der Waals surface area contributed by atoms with Crippen molar-refractivity contribution in [1.82, 2.24) is 4.57 Å². The minimum Gasteiger partial charge on any atom is -0.364 e. The maximum atomic E-state index is 13.1. The topological polar surface area (TPSA) is 14.2 Å². The van der Waals surface area contributed by atoms with Crippen LogP contribution in [-0.4, -0.2) is 11.7 Å². The molecule has 1 aromatic carbocycles. The minimum absolute atomic E-state index is 0.221. The van der Waals surface area contributed by atoms with E-state index >= 15 is 0 Å². The first-order valence-corrected chi connectivity index (χ1v) is 7.12. The quantitative estimate of drug-likeness (QED) is 0.664. The van der Waals surface area contributed by atoms with Gasteiger partial charge in [-0.25, -0.2) is 0 Å². The van der Waals surface area contributed by atoms with Gasteiger partial charge in [0.25, 0.3) is 0 Å². The number of methoxy groups -OCH3 is 1. The van der Waals surface area contributed by atoms with E-state index in [-0.39, 0.29) is 5.56 Å². The maximum absolute atomic E-state index is 13.1. The molecule has 3 aromatic rings. The first-order chi connectivity index (χ1) is 10.0. The van der Waals surface area contributed by atoms with Crippen LogP contribution in [0.1, 0.15) is 4.88 Å². The molecule has 0 saturated carbocycles. The van der Waals surface area contributed by atoms with Crippen LogP contribution in [0, 0.1) is 0 Å². The summed E-state index contributed by atoms with van der Waals surface area (Å²) in [6, 6.07) is 8.90. The van der Waals surface area contributed by atoms with E-state index in [1.54, 1.807) is 13.3 Å². The zero-order valence-electron chi connectivity index (χ0n) is 11.1. The molecule has 110 valence electrons. The first kappa shape index (κ1) is 14.2. The van der Waals surface area contributed by atoms with Crippen LogP contribution in [0.25, 0.3) is 22.0 Å². The molecule has 6 heteroatoms. The average Bonchev–Trinajstić information content (AvgIpc) is 3.03. The van der Waals surface area contributed by atoms with Crippen molar-refractivity contribution in [1.29, 1.82) is 0 Å². The van der Waals surface area contributed by atoms with Gasteiger partial charge in [-0.3, -0.25) is 0 Å². The highest BCUT2D eigenvalue weighted by atomic mass is 32.1. The van der Waals surface area contributed by atoms with Gasteiger partial charge >= 0.3 is 6.18 Å². The van der Waals surface area contributed by atoms with Crippen LogP contribution in [0.5, 0.6) is 0 Å². The van der Waals surface area contributed by atoms with Gasteiger partial charge in [-0.1, -0.05) is 18.2 Å². The normalized spacial score (nSPS) is 12.2. The molecule has 0 bridgehead atoms. The lowest BCUT2D eigenvalue weighted by molar-refractivity contribution is -0.133. The van der Waals surface area contributed by atoms with E-state index < -0.39 is 11.1 Å². The third kappa shape index (κ3) is 2.45. The molecule has 2 aromatic heterocycles. The number of hydrogen-bond acceptors (Lipinski definition) is 2. The average molecular weight is 311 g/mol. The Kier molecular flexibility index (Phi) is 3.51. The van der Waals surface area contributed by atoms with Crippen LogP contribution in [-0.2, 0) is 17.6 Å². The highest BCUT2D eigenvalue weighted by Gasteiger charge is 2.35. The molecule has 0 N–H and O–H groups in total. The van der Waals surface area contributed by atoms with Crippen LogP contribution < -0.4 is 0 Å². The summed E-state index contributed by atoms with van der Waals surface area (Å²) in [5, 5.41) is 2.26. The van der Waals surface area contributed by atoms with Crippen molar-refractivity contribution in [2.75, 3.05) is 7.11 Å². The number of nitrogens with zero attached hydrogens (tertiary/aromatic N) is 1. The Hall–Kier alpha value is -1.79. The summed E-state index contributed by atoms with van der Waals surface area (Å²) < 4.78 is 46.2. The number of hydrogen-bond donors (Lipinski definition) is 0. The van der Waals surface area contributed by atoms with E-state index in [2.05, 4.69) is 0 Å². The standard InChI is InChI=1S/C15H12F3NOS/c1-20-9-19-8-12(10-4-2-3-5-13(10)19)11-6-7-21-14(11)15(16,17)18/h2-8H,9H2,1H3. The summed E-state index contributed by atoms with van der Waals surface area (Å²) in [7, 11) is 1.56. The number of aromatic nitrogens is 1. The highest BCUT2D eigenvalue weighted by molar-refractivity contribution is 7.10. The Morgan fingerprint density at radius 2 is 1.90 bits per heavy atom. The van der Waals surface area contributed by atoms with E-state index in [1.165, 1.54) is 11.4 Å². The monoisotopic (exact) mass is 311 g/mol. The van der Waals surface area contributed by atoms with E-state index in [4.69, 9.17) is 4.74 Å². The number of alkyl halides is 3. The molecule has 0 unspecified atom stereocenters. The van der Waals surface area contributed by atoms with Crippen LogP contribution in [0.2, 0.25) is 0 Å². The lowest BCUT2D eigenvalue weighted by Gasteiger charge is -2.06. The number of halogens is 3. The summed E-state index contributed by atoms with van der Waals surface area (Å²) in [6.07, 6.45) is -2.63. The smallest absolute Gasteiger partial charge is 0.364 e. The van der Waals surface area contributed by atoms with Gasteiger partial charge in [0.15, 0.2) is 0 Å². The number of ether oxygens (including phenoxy) is 1. The second kappa shape index (κ2) is 5.20. The van der Waals surface area contributed by atoms with Gasteiger partial charge in [0.1, 0.15) is 11.6 Å². The highest BCUT2D eigenvalue weighted by Crippen LogP contribution is 2.43. The lowest BCUT2D eigenvalue weighted by Crippen LogP contribution is -2.03. The summed E-state index contributed by atoms with van der Waals surface area (Å²) in [5.74, 6) is 0. The molecular weight excluding hydrogens is 299 g/mol. The lowest BCUT2D eigenvalue weighted by atomic mass is 10.1. The second-order valence-electron chi connectivity index (χ2n) is 4.61. The molecule has 0 aliphatic heterocycles. The molecular formula is C15H12F3NOS. The minimum atomic E-state index is -4.34. The molecule has 0 saturated heterocycles. The Labute approximate surface area is 123 Å². The van der Waals surface area contributed by atoms with E-state index in [1.807, 2.05) is 28.8 Å². The van der Waals surface area contributed by atoms with Gasteiger partial charge in [-0.05, 0) is 17.5 Å². The van der Waals surface area contributed by atoms with Crippen molar-refractivity contribution >= 4 is 22.2 Å². The molecule has 0 aliphatic carbocycles. The van der Waals surface area contributed by atoms with E-state index in [0.29, 0.717) is 23.6 Å². The first-order valence-electron chi connectivity index (χ1n) is 6.24. The van der Waals surface area contributed by atoms with Crippen molar-refractivity contribution in [2.24, 2.45) is 0 Å². The largest absolute Gasteiger partial charge is 0.426 e. The van der Waals surface area contributed by atoms with Crippen LogP contribution >= 0.6 is 11.3 Å². The maximum Gasteiger partial charge on any atom is 0.426 e. The summed E-state index contributed by atoms with van der Waals surface area (Å²) in [6.45, 7) is 0.298. The fourth-order valence-electron chi connectivity index (χ4n) is 2.45. The van der Waals surface area contributed by atoms with Crippen LogP contribution in [0.4, 0.5) is 13.2 Å². The predicted octanol–water partition coefficient (Wildman–Crippen LogP) is 4.99. The molecule has 3 rings (SSSR count). The van der Waals surface area contributed by atoms with Crippen molar-refractivity contribution in [3.8, 4) is 11.1 Å². The summed E-state index contributed by atoms with van der Waals surface area (Å²) in [4.78, 5) is -0.567. The fraction of sp³-hybridized carbons (Fsp3) is 0.200. The molecule has 0 amide bonds. The van der Waals surface area contributed by atoms with E-state index in [9.17, 15) is 13.2 Å². The van der Waals surface area contributed by atoms with Crippen molar-refractivity contribution in [3.63, 3.8) is 0 Å². The number of para-hydroxylation sites is 1.